The van der Waals surface area contributed by atoms with Crippen molar-refractivity contribution in [3.05, 3.63) is 12.7 Å². The Labute approximate surface area is 92.1 Å². The summed E-state index contributed by atoms with van der Waals surface area (Å²) >= 11 is 0. The van der Waals surface area contributed by atoms with Crippen molar-refractivity contribution < 1.29 is 14.6 Å². The molecule has 0 saturated heterocycles. The Kier molecular flexibility index (Phi) is 8.01. The van der Waals surface area contributed by atoms with Gasteiger partial charge in [-0.3, -0.25) is 4.79 Å². The molecule has 0 saturated carbocycles. The molecule has 0 aromatic heterocycles. The number of hydrogen-bond donors (Lipinski definition) is 1. The maximum Gasteiger partial charge on any atom is 0.305 e. The first-order chi connectivity index (χ1) is 7.11. The molecule has 3 nitrogen and oxygen atoms in total. The molecule has 0 spiro atoms. The van der Waals surface area contributed by atoms with Crippen molar-refractivity contribution in [2.24, 2.45) is 5.92 Å². The summed E-state index contributed by atoms with van der Waals surface area (Å²) in [5.74, 6) is -0.0133. The number of carbonyl (C=O) groups is 1. The Morgan fingerprint density at radius 1 is 1.47 bits per heavy atom. The first-order valence-corrected chi connectivity index (χ1v) is 5.49. The summed E-state index contributed by atoms with van der Waals surface area (Å²) in [5, 5.41) is 9.61. The Morgan fingerprint density at radius 3 is 2.67 bits per heavy atom. The SMILES string of the molecule is C=C[C@H](C)[C@H](O)CCCCCC(=O)OC. The highest BCUT2D eigenvalue weighted by atomic mass is 16.5. The third kappa shape index (κ3) is 7.14. The number of esters is 1. The van der Waals surface area contributed by atoms with E-state index in [2.05, 4.69) is 11.3 Å². The van der Waals surface area contributed by atoms with E-state index < -0.39 is 0 Å². The predicted octanol–water partition coefficient (Wildman–Crippen LogP) is 2.29. The molecule has 0 bridgehead atoms. The van der Waals surface area contributed by atoms with E-state index in [1.54, 1.807) is 6.08 Å². The predicted molar refractivity (Wildman–Crippen MR) is 60.5 cm³/mol. The van der Waals surface area contributed by atoms with E-state index in [0.717, 1.165) is 25.7 Å². The number of ether oxygens (including phenoxy) is 1. The van der Waals surface area contributed by atoms with Crippen LogP contribution >= 0.6 is 0 Å². The molecule has 0 aromatic carbocycles. The van der Waals surface area contributed by atoms with Crippen molar-refractivity contribution in [2.75, 3.05) is 7.11 Å². The smallest absolute Gasteiger partial charge is 0.305 e. The van der Waals surface area contributed by atoms with E-state index in [1.807, 2.05) is 6.92 Å². The molecule has 0 aliphatic carbocycles. The van der Waals surface area contributed by atoms with Crippen molar-refractivity contribution in [3.63, 3.8) is 0 Å². The van der Waals surface area contributed by atoms with Crippen LogP contribution in [0.5, 0.6) is 0 Å². The Hall–Kier alpha value is -0.830. The highest BCUT2D eigenvalue weighted by Gasteiger charge is 2.09. The summed E-state index contributed by atoms with van der Waals surface area (Å²) < 4.78 is 4.53. The van der Waals surface area contributed by atoms with E-state index >= 15 is 0 Å². The highest BCUT2D eigenvalue weighted by molar-refractivity contribution is 5.68. The minimum atomic E-state index is -0.305. The molecular weight excluding hydrogens is 192 g/mol. The molecule has 0 amide bonds. The highest BCUT2D eigenvalue weighted by Crippen LogP contribution is 2.13. The molecular formula is C12H22O3. The first kappa shape index (κ1) is 14.2. The zero-order chi connectivity index (χ0) is 11.7. The Bertz CT molecular complexity index is 189. The lowest BCUT2D eigenvalue weighted by Gasteiger charge is -2.14. The molecule has 0 rings (SSSR count). The number of carbonyl (C=O) groups excluding carboxylic acids is 1. The molecule has 0 unspecified atom stereocenters. The quantitative estimate of drug-likeness (QED) is 0.383. The van der Waals surface area contributed by atoms with Crippen molar-refractivity contribution in [1.29, 1.82) is 0 Å². The Morgan fingerprint density at radius 2 is 2.13 bits per heavy atom. The average molecular weight is 214 g/mol. The normalized spacial score (nSPS) is 14.3. The average Bonchev–Trinajstić information content (AvgIpc) is 2.26. The summed E-state index contributed by atoms with van der Waals surface area (Å²) in [6.07, 6.45) is 5.44. The molecule has 3 heteroatoms. The van der Waals surface area contributed by atoms with Gasteiger partial charge >= 0.3 is 5.97 Å². The topological polar surface area (TPSA) is 46.5 Å². The maximum atomic E-state index is 10.8. The van der Waals surface area contributed by atoms with Gasteiger partial charge in [0.2, 0.25) is 0 Å². The first-order valence-electron chi connectivity index (χ1n) is 5.49. The van der Waals surface area contributed by atoms with Gasteiger partial charge in [0.15, 0.2) is 0 Å². The molecule has 1 N–H and O–H groups in total. The molecule has 0 fully saturated rings. The fourth-order valence-electron chi connectivity index (χ4n) is 1.32. The Balaban J connectivity index is 3.38. The summed E-state index contributed by atoms with van der Waals surface area (Å²) in [6.45, 7) is 5.59. The fraction of sp³-hybridized carbons (Fsp3) is 0.750. The van der Waals surface area contributed by atoms with Crippen LogP contribution < -0.4 is 0 Å². The van der Waals surface area contributed by atoms with Gasteiger partial charge in [0, 0.05) is 6.42 Å². The van der Waals surface area contributed by atoms with Crippen molar-refractivity contribution in [3.8, 4) is 0 Å². The van der Waals surface area contributed by atoms with Gasteiger partial charge in [-0.2, -0.15) is 0 Å². The minimum absolute atomic E-state index is 0.144. The van der Waals surface area contributed by atoms with Crippen LogP contribution in [0.2, 0.25) is 0 Å². The number of methoxy groups -OCH3 is 1. The van der Waals surface area contributed by atoms with Crippen LogP contribution in [0.25, 0.3) is 0 Å². The summed E-state index contributed by atoms with van der Waals surface area (Å²) in [7, 11) is 1.40. The molecule has 2 atom stereocenters. The van der Waals surface area contributed by atoms with Gasteiger partial charge in [-0.05, 0) is 18.8 Å². The molecule has 0 aliphatic rings. The second-order valence-corrected chi connectivity index (χ2v) is 3.84. The minimum Gasteiger partial charge on any atom is -0.469 e. The van der Waals surface area contributed by atoms with Gasteiger partial charge in [-0.1, -0.05) is 25.8 Å². The van der Waals surface area contributed by atoms with Gasteiger partial charge in [-0.15, -0.1) is 6.58 Å². The van der Waals surface area contributed by atoms with Crippen LogP contribution in [0.3, 0.4) is 0 Å². The van der Waals surface area contributed by atoms with Crippen LogP contribution in [0.4, 0.5) is 0 Å². The molecule has 88 valence electrons. The molecule has 0 heterocycles. The van der Waals surface area contributed by atoms with E-state index in [-0.39, 0.29) is 18.0 Å². The zero-order valence-electron chi connectivity index (χ0n) is 9.74. The molecule has 0 radical (unpaired) electrons. The van der Waals surface area contributed by atoms with Crippen LogP contribution in [0.1, 0.15) is 39.0 Å². The maximum absolute atomic E-state index is 10.8. The number of aliphatic hydroxyl groups excluding tert-OH is 1. The van der Waals surface area contributed by atoms with E-state index in [9.17, 15) is 9.90 Å². The van der Waals surface area contributed by atoms with Crippen LogP contribution in [0.15, 0.2) is 12.7 Å². The number of unbranched alkanes of at least 4 members (excludes halogenated alkanes) is 2. The molecule has 0 aromatic rings. The molecule has 15 heavy (non-hydrogen) atoms. The van der Waals surface area contributed by atoms with Gasteiger partial charge in [-0.25, -0.2) is 0 Å². The lowest BCUT2D eigenvalue weighted by molar-refractivity contribution is -0.140. The number of rotatable bonds is 8. The third-order valence-electron chi connectivity index (χ3n) is 2.59. The third-order valence-corrected chi connectivity index (χ3v) is 2.59. The van der Waals surface area contributed by atoms with Crippen molar-refractivity contribution in [1.82, 2.24) is 0 Å². The van der Waals surface area contributed by atoms with E-state index in [0.29, 0.717) is 6.42 Å². The number of hydrogen-bond acceptors (Lipinski definition) is 3. The van der Waals surface area contributed by atoms with Gasteiger partial charge in [0.25, 0.3) is 0 Å². The monoisotopic (exact) mass is 214 g/mol. The van der Waals surface area contributed by atoms with Crippen molar-refractivity contribution in [2.45, 2.75) is 45.1 Å². The van der Waals surface area contributed by atoms with Gasteiger partial charge in [0.1, 0.15) is 0 Å². The summed E-state index contributed by atoms with van der Waals surface area (Å²) in [4.78, 5) is 10.8. The standard InChI is InChI=1S/C12H22O3/c1-4-10(2)11(13)8-6-5-7-9-12(14)15-3/h4,10-11,13H,1,5-9H2,2-3H3/t10-,11+/m0/s1. The van der Waals surface area contributed by atoms with E-state index in [1.165, 1.54) is 7.11 Å². The van der Waals surface area contributed by atoms with Crippen LogP contribution in [-0.4, -0.2) is 24.3 Å². The van der Waals surface area contributed by atoms with Gasteiger partial charge < -0.3 is 9.84 Å². The zero-order valence-corrected chi connectivity index (χ0v) is 9.74. The second kappa shape index (κ2) is 8.48. The van der Waals surface area contributed by atoms with Crippen molar-refractivity contribution >= 4 is 5.97 Å². The number of aliphatic hydroxyl groups is 1. The molecule has 0 aliphatic heterocycles. The van der Waals surface area contributed by atoms with Crippen LogP contribution in [-0.2, 0) is 9.53 Å². The van der Waals surface area contributed by atoms with Crippen LogP contribution in [0, 0.1) is 5.92 Å². The lowest BCUT2D eigenvalue weighted by atomic mass is 9.99. The van der Waals surface area contributed by atoms with E-state index in [4.69, 9.17) is 0 Å². The largest absolute Gasteiger partial charge is 0.469 e. The second-order valence-electron chi connectivity index (χ2n) is 3.84. The summed E-state index contributed by atoms with van der Waals surface area (Å²) in [6, 6.07) is 0. The fourth-order valence-corrected chi connectivity index (χ4v) is 1.32. The lowest BCUT2D eigenvalue weighted by Crippen LogP contribution is -2.15. The summed E-state index contributed by atoms with van der Waals surface area (Å²) in [5.41, 5.74) is 0. The van der Waals surface area contributed by atoms with Gasteiger partial charge in [0.05, 0.1) is 13.2 Å².